The van der Waals surface area contributed by atoms with Gasteiger partial charge in [-0.2, -0.15) is 0 Å². The molecule has 6 rings (SSSR count). The summed E-state index contributed by atoms with van der Waals surface area (Å²) in [4.78, 5) is 46.5. The van der Waals surface area contributed by atoms with Gasteiger partial charge in [-0.25, -0.2) is 4.79 Å². The van der Waals surface area contributed by atoms with Gasteiger partial charge in [-0.15, -0.1) is 0 Å². The molecule has 0 bridgehead atoms. The zero-order chi connectivity index (χ0) is 37.4. The number of nitrogens with zero attached hydrogens (tertiary/aromatic N) is 6. The number of piperazine rings is 1. The maximum absolute atomic E-state index is 15.3. The lowest BCUT2D eigenvalue weighted by molar-refractivity contribution is -0.132. The van der Waals surface area contributed by atoms with E-state index in [9.17, 15) is 4.79 Å². The molecule has 4 heterocycles. The van der Waals surface area contributed by atoms with Gasteiger partial charge in [0, 0.05) is 79.8 Å². The fourth-order valence-corrected chi connectivity index (χ4v) is 7.79. The van der Waals surface area contributed by atoms with Gasteiger partial charge in [0.2, 0.25) is 5.91 Å². The largest absolute Gasteiger partial charge is 0.493 e. The number of carbonyl (C=O) groups excluding carboxylic acids is 2. The van der Waals surface area contributed by atoms with E-state index >= 15 is 4.79 Å². The van der Waals surface area contributed by atoms with E-state index in [-0.39, 0.29) is 23.5 Å². The fraction of sp³-hybridized carbons (Fsp3) is 0.500. The van der Waals surface area contributed by atoms with Crippen molar-refractivity contribution in [1.82, 2.24) is 24.6 Å². The molecule has 0 spiro atoms. The second-order valence-electron chi connectivity index (χ2n) is 15.2. The lowest BCUT2D eigenvalue weighted by Gasteiger charge is -2.47. The minimum atomic E-state index is -1.04. The molecule has 52 heavy (non-hydrogen) atoms. The highest BCUT2D eigenvalue weighted by molar-refractivity contribution is 6.30. The zero-order valence-corrected chi connectivity index (χ0v) is 32.8. The standard InChI is InChI=1S/C40H50Cl2N6O4/c1-8-52-33-23-34(38(2,3)4)43-24-32(33)36-44-39(5,27-9-13-29(41)14-10-27)40(6,28-11-15-30(42)16-12-28)48(36)37(50)46-21-19-45(20-22-46)26-35(49)47-18-17-31(25-47)51-7/h9-16,23-24,31H,8,17-22,25-26H2,1-7H3/t31-,39-,40+/m0/s1. The molecule has 3 aliphatic heterocycles. The van der Waals surface area contributed by atoms with Crippen molar-refractivity contribution in [1.29, 1.82) is 0 Å². The van der Waals surface area contributed by atoms with Crippen molar-refractivity contribution in [2.45, 2.75) is 70.6 Å². The summed E-state index contributed by atoms with van der Waals surface area (Å²) in [6.07, 6.45) is 2.73. The second kappa shape index (κ2) is 15.0. The number of ether oxygens (including phenoxy) is 2. The zero-order valence-electron chi connectivity index (χ0n) is 31.3. The number of hydrogen-bond acceptors (Lipinski definition) is 7. The van der Waals surface area contributed by atoms with Crippen LogP contribution in [0.15, 0.2) is 65.8 Å². The van der Waals surface area contributed by atoms with E-state index < -0.39 is 11.1 Å². The van der Waals surface area contributed by atoms with Gasteiger partial charge in [0.05, 0.1) is 24.8 Å². The Morgan fingerprint density at radius 3 is 2.08 bits per heavy atom. The molecule has 0 saturated carbocycles. The third-order valence-corrected chi connectivity index (χ3v) is 11.5. The summed E-state index contributed by atoms with van der Waals surface area (Å²) in [6.45, 7) is 16.5. The first kappa shape index (κ1) is 38.0. The van der Waals surface area contributed by atoms with Gasteiger partial charge in [-0.1, -0.05) is 68.2 Å². The van der Waals surface area contributed by atoms with Crippen LogP contribution in [0.3, 0.4) is 0 Å². The average Bonchev–Trinajstić information content (AvgIpc) is 3.70. The van der Waals surface area contributed by atoms with Crippen molar-refractivity contribution in [3.05, 3.63) is 93.2 Å². The lowest BCUT2D eigenvalue weighted by atomic mass is 9.71. The van der Waals surface area contributed by atoms with Crippen LogP contribution in [-0.4, -0.2) is 108 Å². The number of aliphatic imine (C=N–C) groups is 1. The second-order valence-corrected chi connectivity index (χ2v) is 16.1. The molecular formula is C40H50Cl2N6O4. The minimum Gasteiger partial charge on any atom is -0.493 e. The van der Waals surface area contributed by atoms with Gasteiger partial charge >= 0.3 is 6.03 Å². The molecule has 1 aromatic heterocycles. The Morgan fingerprint density at radius 1 is 0.904 bits per heavy atom. The summed E-state index contributed by atoms with van der Waals surface area (Å²) < 4.78 is 11.8. The van der Waals surface area contributed by atoms with E-state index in [1.54, 1.807) is 13.3 Å². The molecular weight excluding hydrogens is 699 g/mol. The Hall–Kier alpha value is -3.70. The highest BCUT2D eigenvalue weighted by Crippen LogP contribution is 2.54. The first-order valence-electron chi connectivity index (χ1n) is 18.1. The van der Waals surface area contributed by atoms with Crippen molar-refractivity contribution in [3.63, 3.8) is 0 Å². The number of amides is 3. The number of hydrogen-bond donors (Lipinski definition) is 0. The number of rotatable bonds is 8. The van der Waals surface area contributed by atoms with Crippen LogP contribution in [0.2, 0.25) is 10.0 Å². The molecule has 3 atom stereocenters. The number of likely N-dealkylation sites (tertiary alicyclic amines) is 1. The molecule has 2 aromatic carbocycles. The molecule has 2 fully saturated rings. The Balaban J connectivity index is 1.41. The molecule has 3 aliphatic rings. The van der Waals surface area contributed by atoms with E-state index in [0.29, 0.717) is 79.6 Å². The Bertz CT molecular complexity index is 1810. The summed E-state index contributed by atoms with van der Waals surface area (Å²) in [7, 11) is 1.69. The van der Waals surface area contributed by atoms with Crippen molar-refractivity contribution < 1.29 is 19.1 Å². The number of pyridine rings is 1. The maximum atomic E-state index is 15.3. The van der Waals surface area contributed by atoms with Crippen LogP contribution < -0.4 is 4.74 Å². The van der Waals surface area contributed by atoms with Gasteiger partial charge in [-0.05, 0) is 62.6 Å². The molecule has 12 heteroatoms. The SMILES string of the molecule is CCOc1cc(C(C)(C)C)ncc1C1=N[C@@](C)(c2ccc(Cl)cc2)[C@@](C)(c2ccc(Cl)cc2)N1C(=O)N1CCN(CC(=O)N2CC[C@H](OC)C2)CC1. The van der Waals surface area contributed by atoms with Crippen LogP contribution in [0.4, 0.5) is 4.79 Å². The molecule has 278 valence electrons. The van der Waals surface area contributed by atoms with Gasteiger partial charge in [0.25, 0.3) is 0 Å². The van der Waals surface area contributed by atoms with Gasteiger partial charge in [0.1, 0.15) is 22.7 Å². The molecule has 3 amide bonds. The number of methoxy groups -OCH3 is 1. The summed E-state index contributed by atoms with van der Waals surface area (Å²) in [6, 6.07) is 17.1. The molecule has 2 saturated heterocycles. The highest BCUT2D eigenvalue weighted by Gasteiger charge is 2.60. The highest BCUT2D eigenvalue weighted by atomic mass is 35.5. The third-order valence-electron chi connectivity index (χ3n) is 10.9. The van der Waals surface area contributed by atoms with Crippen LogP contribution in [0.5, 0.6) is 5.75 Å². The first-order chi connectivity index (χ1) is 24.7. The van der Waals surface area contributed by atoms with Crippen molar-refractivity contribution >= 4 is 41.0 Å². The van der Waals surface area contributed by atoms with Crippen LogP contribution in [0.1, 0.15) is 70.3 Å². The molecule has 0 radical (unpaired) electrons. The smallest absolute Gasteiger partial charge is 0.326 e. The molecule has 0 unspecified atom stereocenters. The number of urea groups is 1. The predicted octanol–water partition coefficient (Wildman–Crippen LogP) is 6.96. The Kier molecular flexibility index (Phi) is 11.0. The van der Waals surface area contributed by atoms with Gasteiger partial charge in [-0.3, -0.25) is 24.6 Å². The fourth-order valence-electron chi connectivity index (χ4n) is 7.53. The number of halogens is 2. The normalized spacial score (nSPS) is 24.0. The van der Waals surface area contributed by atoms with Crippen LogP contribution in [0, 0.1) is 0 Å². The van der Waals surface area contributed by atoms with E-state index in [2.05, 4.69) is 39.5 Å². The lowest BCUT2D eigenvalue weighted by Crippen LogP contribution is -2.61. The topological polar surface area (TPSA) is 90.8 Å². The first-order valence-corrected chi connectivity index (χ1v) is 18.8. The summed E-state index contributed by atoms with van der Waals surface area (Å²) in [5.41, 5.74) is 1.01. The van der Waals surface area contributed by atoms with Gasteiger partial charge in [0.15, 0.2) is 0 Å². The van der Waals surface area contributed by atoms with Crippen LogP contribution in [-0.2, 0) is 26.0 Å². The quantitative estimate of drug-likeness (QED) is 0.248. The van der Waals surface area contributed by atoms with E-state index in [1.165, 1.54) is 0 Å². The monoisotopic (exact) mass is 748 g/mol. The van der Waals surface area contributed by atoms with E-state index in [0.717, 1.165) is 23.2 Å². The summed E-state index contributed by atoms with van der Waals surface area (Å²) in [5.74, 6) is 1.17. The predicted molar refractivity (Wildman–Crippen MR) is 205 cm³/mol. The van der Waals surface area contributed by atoms with E-state index in [1.807, 2.05) is 76.2 Å². The van der Waals surface area contributed by atoms with Crippen molar-refractivity contribution in [2.24, 2.45) is 4.99 Å². The molecule has 0 aliphatic carbocycles. The number of carbonyl (C=O) groups is 2. The summed E-state index contributed by atoms with van der Waals surface area (Å²) in [5, 5.41) is 1.20. The van der Waals surface area contributed by atoms with Crippen molar-refractivity contribution in [3.8, 4) is 5.75 Å². The number of amidine groups is 1. The molecule has 0 N–H and O–H groups in total. The minimum absolute atomic E-state index is 0.0892. The summed E-state index contributed by atoms with van der Waals surface area (Å²) >= 11 is 12.8. The Labute approximate surface area is 317 Å². The number of aromatic nitrogens is 1. The van der Waals surface area contributed by atoms with Crippen molar-refractivity contribution in [2.75, 3.05) is 59.5 Å². The molecule has 10 nitrogen and oxygen atoms in total. The average molecular weight is 750 g/mol. The third kappa shape index (κ3) is 7.15. The van der Waals surface area contributed by atoms with Crippen LogP contribution >= 0.6 is 23.2 Å². The molecule has 3 aromatic rings. The Morgan fingerprint density at radius 2 is 1.52 bits per heavy atom. The van der Waals surface area contributed by atoms with E-state index in [4.69, 9.17) is 42.7 Å². The van der Waals surface area contributed by atoms with Gasteiger partial charge < -0.3 is 19.3 Å². The number of benzene rings is 2. The van der Waals surface area contributed by atoms with Crippen LogP contribution in [0.25, 0.3) is 0 Å². The maximum Gasteiger partial charge on any atom is 0.326 e.